The molecule has 2 aromatic carbocycles. The summed E-state index contributed by atoms with van der Waals surface area (Å²) >= 11 is 0. The first kappa shape index (κ1) is 15.0. The molecule has 1 atom stereocenters. The highest BCUT2D eigenvalue weighted by molar-refractivity contribution is 7.91. The van der Waals surface area contributed by atoms with Gasteiger partial charge in [-0.1, -0.05) is 42.5 Å². The number of hydrogen-bond acceptors (Lipinski definition) is 3. The molecule has 1 saturated heterocycles. The number of carbonyl (C=O) groups is 1. The molecule has 5 heteroatoms. The van der Waals surface area contributed by atoms with Gasteiger partial charge in [0.15, 0.2) is 9.84 Å². The van der Waals surface area contributed by atoms with E-state index in [1.807, 2.05) is 42.5 Å². The molecule has 0 aliphatic carbocycles. The first-order valence-electron chi connectivity index (χ1n) is 7.38. The van der Waals surface area contributed by atoms with Crippen LogP contribution in [-0.2, 0) is 21.1 Å². The highest BCUT2D eigenvalue weighted by atomic mass is 32.2. The topological polar surface area (TPSA) is 54.5 Å². The highest BCUT2D eigenvalue weighted by Gasteiger charge is 2.32. The molecular weight excluding hydrogens is 298 g/mol. The van der Waals surface area contributed by atoms with Crippen LogP contribution in [0.15, 0.2) is 42.5 Å². The van der Waals surface area contributed by atoms with Gasteiger partial charge in [-0.3, -0.25) is 4.79 Å². The molecule has 2 aromatic rings. The predicted molar refractivity (Wildman–Crippen MR) is 87.5 cm³/mol. The zero-order chi connectivity index (χ0) is 15.7. The molecule has 0 N–H and O–H groups in total. The van der Waals surface area contributed by atoms with Crippen molar-refractivity contribution in [3.8, 4) is 0 Å². The van der Waals surface area contributed by atoms with Crippen LogP contribution in [0.1, 0.15) is 12.0 Å². The van der Waals surface area contributed by atoms with E-state index in [-0.39, 0.29) is 23.5 Å². The third-order valence-corrected chi connectivity index (χ3v) is 6.07. The molecule has 3 rings (SSSR count). The molecule has 22 heavy (non-hydrogen) atoms. The summed E-state index contributed by atoms with van der Waals surface area (Å²) in [5.74, 6) is 0.246. The average Bonchev–Trinajstić information content (AvgIpc) is 2.86. The Morgan fingerprint density at radius 3 is 2.59 bits per heavy atom. The van der Waals surface area contributed by atoms with Crippen LogP contribution in [0.3, 0.4) is 0 Å². The molecule has 1 heterocycles. The second-order valence-corrected chi connectivity index (χ2v) is 8.15. The summed E-state index contributed by atoms with van der Waals surface area (Å²) < 4.78 is 23.1. The lowest BCUT2D eigenvalue weighted by Crippen LogP contribution is -2.38. The number of carbonyl (C=O) groups excluding carboxylic acids is 1. The Balaban J connectivity index is 1.72. The van der Waals surface area contributed by atoms with Crippen molar-refractivity contribution in [3.63, 3.8) is 0 Å². The summed E-state index contributed by atoms with van der Waals surface area (Å²) in [7, 11) is -1.27. The molecule has 4 nitrogen and oxygen atoms in total. The van der Waals surface area contributed by atoms with Crippen molar-refractivity contribution in [1.82, 2.24) is 4.90 Å². The van der Waals surface area contributed by atoms with E-state index in [1.54, 1.807) is 11.9 Å². The monoisotopic (exact) mass is 317 g/mol. The fourth-order valence-corrected chi connectivity index (χ4v) is 4.71. The van der Waals surface area contributed by atoms with Crippen LogP contribution in [0.2, 0.25) is 0 Å². The fourth-order valence-electron chi connectivity index (χ4n) is 2.93. The predicted octanol–water partition coefficient (Wildman–Crippen LogP) is 2.03. The Hall–Kier alpha value is -1.88. The van der Waals surface area contributed by atoms with E-state index in [0.29, 0.717) is 12.8 Å². The number of sulfone groups is 1. The first-order valence-corrected chi connectivity index (χ1v) is 9.20. The van der Waals surface area contributed by atoms with Gasteiger partial charge in [0, 0.05) is 13.1 Å². The van der Waals surface area contributed by atoms with Crippen molar-refractivity contribution in [3.05, 3.63) is 48.0 Å². The average molecular weight is 317 g/mol. The third kappa shape index (κ3) is 3.14. The zero-order valence-corrected chi connectivity index (χ0v) is 13.3. The van der Waals surface area contributed by atoms with E-state index in [9.17, 15) is 13.2 Å². The number of likely N-dealkylation sites (N-methyl/N-ethyl adjacent to an activating group) is 1. The van der Waals surface area contributed by atoms with Crippen LogP contribution in [0, 0.1) is 0 Å². The van der Waals surface area contributed by atoms with Gasteiger partial charge in [0.2, 0.25) is 5.91 Å². The van der Waals surface area contributed by atoms with Crippen molar-refractivity contribution in [2.24, 2.45) is 0 Å². The van der Waals surface area contributed by atoms with E-state index in [2.05, 4.69) is 0 Å². The molecule has 1 fully saturated rings. The molecule has 0 radical (unpaired) electrons. The maximum Gasteiger partial charge on any atom is 0.227 e. The molecule has 0 aromatic heterocycles. The van der Waals surface area contributed by atoms with Gasteiger partial charge in [-0.15, -0.1) is 0 Å². The number of benzene rings is 2. The normalized spacial score (nSPS) is 20.1. The minimum atomic E-state index is -2.97. The smallest absolute Gasteiger partial charge is 0.227 e. The number of nitrogens with zero attached hydrogens (tertiary/aromatic N) is 1. The highest BCUT2D eigenvalue weighted by Crippen LogP contribution is 2.19. The van der Waals surface area contributed by atoms with Crippen LogP contribution >= 0.6 is 0 Å². The lowest BCUT2D eigenvalue weighted by Gasteiger charge is -2.23. The van der Waals surface area contributed by atoms with Gasteiger partial charge >= 0.3 is 0 Å². The zero-order valence-electron chi connectivity index (χ0n) is 12.5. The van der Waals surface area contributed by atoms with Gasteiger partial charge in [0.05, 0.1) is 17.9 Å². The Labute approximate surface area is 130 Å². The Morgan fingerprint density at radius 2 is 1.91 bits per heavy atom. The number of fused-ring (bicyclic) bond motifs is 1. The summed E-state index contributed by atoms with van der Waals surface area (Å²) in [4.78, 5) is 14.0. The van der Waals surface area contributed by atoms with Crippen LogP contribution in [-0.4, -0.2) is 43.8 Å². The SMILES string of the molecule is CN(C(=O)Cc1ccc2ccccc2c1)[C@H]1CCS(=O)(=O)C1. The maximum absolute atomic E-state index is 12.4. The van der Waals surface area contributed by atoms with Crippen molar-refractivity contribution < 1.29 is 13.2 Å². The van der Waals surface area contributed by atoms with Gasteiger partial charge in [0.25, 0.3) is 0 Å². The molecule has 0 bridgehead atoms. The molecule has 1 amide bonds. The lowest BCUT2D eigenvalue weighted by molar-refractivity contribution is -0.130. The Kier molecular flexibility index (Phi) is 3.91. The lowest BCUT2D eigenvalue weighted by atomic mass is 10.0. The molecular formula is C17H19NO3S. The summed E-state index contributed by atoms with van der Waals surface area (Å²) in [5, 5.41) is 2.26. The summed E-state index contributed by atoms with van der Waals surface area (Å²) in [5.41, 5.74) is 0.955. The second kappa shape index (κ2) is 5.72. The summed E-state index contributed by atoms with van der Waals surface area (Å²) in [6.45, 7) is 0. The molecule has 1 aliphatic rings. The van der Waals surface area contributed by atoms with E-state index in [1.165, 1.54) is 0 Å². The van der Waals surface area contributed by atoms with E-state index in [4.69, 9.17) is 0 Å². The third-order valence-electron chi connectivity index (χ3n) is 4.32. The van der Waals surface area contributed by atoms with Gasteiger partial charge < -0.3 is 4.90 Å². The molecule has 0 saturated carbocycles. The second-order valence-electron chi connectivity index (χ2n) is 5.92. The van der Waals surface area contributed by atoms with E-state index in [0.717, 1.165) is 16.3 Å². The standard InChI is InChI=1S/C17H19NO3S/c1-18(16-8-9-22(20,21)12-16)17(19)11-13-6-7-14-4-2-3-5-15(14)10-13/h2-7,10,16H,8-9,11-12H2,1H3/t16-/m0/s1. The van der Waals surface area contributed by atoms with Crippen molar-refractivity contribution in [2.45, 2.75) is 18.9 Å². The molecule has 116 valence electrons. The maximum atomic E-state index is 12.4. The van der Waals surface area contributed by atoms with Crippen LogP contribution in [0.25, 0.3) is 10.8 Å². The Morgan fingerprint density at radius 1 is 1.18 bits per heavy atom. The first-order chi connectivity index (χ1) is 10.4. The van der Waals surface area contributed by atoms with E-state index >= 15 is 0 Å². The quantitative estimate of drug-likeness (QED) is 0.870. The van der Waals surface area contributed by atoms with E-state index < -0.39 is 9.84 Å². The number of rotatable bonds is 3. The van der Waals surface area contributed by atoms with Crippen LogP contribution in [0.4, 0.5) is 0 Å². The summed E-state index contributed by atoms with van der Waals surface area (Å²) in [6, 6.07) is 13.8. The summed E-state index contributed by atoms with van der Waals surface area (Å²) in [6.07, 6.45) is 0.847. The van der Waals surface area contributed by atoms with Crippen LogP contribution < -0.4 is 0 Å². The van der Waals surface area contributed by atoms with Crippen molar-refractivity contribution in [2.75, 3.05) is 18.6 Å². The Bertz CT molecular complexity index is 814. The van der Waals surface area contributed by atoms with Gasteiger partial charge in [-0.2, -0.15) is 0 Å². The van der Waals surface area contributed by atoms with Crippen molar-refractivity contribution >= 4 is 26.5 Å². The van der Waals surface area contributed by atoms with Gasteiger partial charge in [-0.25, -0.2) is 8.42 Å². The molecule has 0 spiro atoms. The minimum absolute atomic E-state index is 0.0302. The largest absolute Gasteiger partial charge is 0.341 e. The van der Waals surface area contributed by atoms with Gasteiger partial charge in [-0.05, 0) is 22.8 Å². The van der Waals surface area contributed by atoms with Gasteiger partial charge in [0.1, 0.15) is 0 Å². The fraction of sp³-hybridized carbons (Fsp3) is 0.353. The van der Waals surface area contributed by atoms with Crippen LogP contribution in [0.5, 0.6) is 0 Å². The minimum Gasteiger partial charge on any atom is -0.341 e. The number of hydrogen-bond donors (Lipinski definition) is 0. The molecule has 0 unspecified atom stereocenters. The van der Waals surface area contributed by atoms with Crippen molar-refractivity contribution in [1.29, 1.82) is 0 Å². The molecule has 1 aliphatic heterocycles. The number of amides is 1.